The molecule has 100 valence electrons. The molecular formula is C12H13F3O2S. The molecule has 18 heavy (non-hydrogen) atoms. The predicted molar refractivity (Wildman–Crippen MR) is 63.5 cm³/mol. The first-order valence-electron chi connectivity index (χ1n) is 5.57. The van der Waals surface area contributed by atoms with Crippen LogP contribution in [0.1, 0.15) is 18.1 Å². The van der Waals surface area contributed by atoms with Gasteiger partial charge in [0.15, 0.2) is 0 Å². The molecular weight excluding hydrogens is 265 g/mol. The fourth-order valence-electron chi connectivity index (χ4n) is 1.97. The van der Waals surface area contributed by atoms with Crippen LogP contribution in [0, 0.1) is 5.92 Å². The Morgan fingerprint density at radius 1 is 1.39 bits per heavy atom. The zero-order chi connectivity index (χ0) is 13.2. The molecule has 1 heterocycles. The Hall–Kier alpha value is -0.880. The number of aliphatic hydroxyl groups is 1. The third-order valence-electron chi connectivity index (χ3n) is 2.84. The van der Waals surface area contributed by atoms with Crippen molar-refractivity contribution in [2.24, 2.45) is 5.92 Å². The van der Waals surface area contributed by atoms with E-state index >= 15 is 0 Å². The maximum Gasteiger partial charge on any atom is 0.573 e. The lowest BCUT2D eigenvalue weighted by Crippen LogP contribution is -2.17. The van der Waals surface area contributed by atoms with Gasteiger partial charge < -0.3 is 9.84 Å². The van der Waals surface area contributed by atoms with Crippen LogP contribution in [0.15, 0.2) is 24.3 Å². The third-order valence-corrected chi connectivity index (χ3v) is 4.03. The molecule has 0 aromatic heterocycles. The fourth-order valence-corrected chi connectivity index (χ4v) is 3.26. The van der Waals surface area contributed by atoms with E-state index in [2.05, 4.69) is 4.74 Å². The molecule has 0 bridgehead atoms. The van der Waals surface area contributed by atoms with Crippen molar-refractivity contribution in [1.82, 2.24) is 0 Å². The van der Waals surface area contributed by atoms with E-state index in [1.54, 1.807) is 17.8 Å². The third kappa shape index (κ3) is 3.55. The van der Waals surface area contributed by atoms with E-state index in [4.69, 9.17) is 0 Å². The van der Waals surface area contributed by atoms with Gasteiger partial charge in [0.2, 0.25) is 0 Å². The quantitative estimate of drug-likeness (QED) is 0.919. The number of hydrogen-bond donors (Lipinski definition) is 1. The van der Waals surface area contributed by atoms with E-state index in [-0.39, 0.29) is 11.7 Å². The molecule has 2 nitrogen and oxygen atoms in total. The van der Waals surface area contributed by atoms with E-state index in [0.717, 1.165) is 17.9 Å². The molecule has 1 aromatic rings. The zero-order valence-electron chi connectivity index (χ0n) is 9.48. The van der Waals surface area contributed by atoms with Crippen molar-refractivity contribution in [2.75, 3.05) is 11.5 Å². The molecule has 0 aliphatic carbocycles. The lowest BCUT2D eigenvalue weighted by atomic mass is 9.95. The van der Waals surface area contributed by atoms with Gasteiger partial charge in [-0.05, 0) is 41.5 Å². The highest BCUT2D eigenvalue weighted by Gasteiger charge is 2.31. The molecule has 1 aliphatic heterocycles. The zero-order valence-corrected chi connectivity index (χ0v) is 10.3. The van der Waals surface area contributed by atoms with Gasteiger partial charge in [0.1, 0.15) is 5.75 Å². The predicted octanol–water partition coefficient (Wildman–Crippen LogP) is 3.37. The summed E-state index contributed by atoms with van der Waals surface area (Å²) in [5.74, 6) is 1.65. The average molecular weight is 278 g/mol. The SMILES string of the molecule is OC(c1cccc(OC(F)(F)F)c1)C1CCSC1. The Balaban J connectivity index is 2.11. The molecule has 1 fully saturated rings. The molecule has 1 aromatic carbocycles. The second-order valence-corrected chi connectivity index (χ2v) is 5.34. The van der Waals surface area contributed by atoms with Crippen molar-refractivity contribution in [3.63, 3.8) is 0 Å². The van der Waals surface area contributed by atoms with Gasteiger partial charge >= 0.3 is 6.36 Å². The minimum Gasteiger partial charge on any atom is -0.406 e. The van der Waals surface area contributed by atoms with E-state index in [9.17, 15) is 18.3 Å². The highest BCUT2D eigenvalue weighted by atomic mass is 32.2. The van der Waals surface area contributed by atoms with Gasteiger partial charge in [-0.1, -0.05) is 12.1 Å². The number of rotatable bonds is 3. The number of benzene rings is 1. The first-order chi connectivity index (χ1) is 8.46. The Morgan fingerprint density at radius 3 is 2.78 bits per heavy atom. The van der Waals surface area contributed by atoms with Crippen LogP contribution in [0.4, 0.5) is 13.2 Å². The molecule has 1 aliphatic rings. The first-order valence-corrected chi connectivity index (χ1v) is 6.73. The lowest BCUT2D eigenvalue weighted by Gasteiger charge is -2.18. The summed E-state index contributed by atoms with van der Waals surface area (Å²) in [5.41, 5.74) is 0.476. The van der Waals surface area contributed by atoms with Gasteiger partial charge in [-0.25, -0.2) is 0 Å². The van der Waals surface area contributed by atoms with Crippen LogP contribution in [0.3, 0.4) is 0 Å². The van der Waals surface area contributed by atoms with E-state index in [0.29, 0.717) is 5.56 Å². The lowest BCUT2D eigenvalue weighted by molar-refractivity contribution is -0.274. The highest BCUT2D eigenvalue weighted by Crippen LogP contribution is 2.35. The van der Waals surface area contributed by atoms with Crippen LogP contribution in [-0.2, 0) is 0 Å². The Kier molecular flexibility index (Phi) is 4.07. The second-order valence-electron chi connectivity index (χ2n) is 4.19. The van der Waals surface area contributed by atoms with Gasteiger partial charge in [0.05, 0.1) is 6.10 Å². The maximum absolute atomic E-state index is 12.1. The second kappa shape index (κ2) is 5.40. The number of ether oxygens (including phenoxy) is 1. The largest absolute Gasteiger partial charge is 0.573 e. The van der Waals surface area contributed by atoms with Crippen LogP contribution in [0.5, 0.6) is 5.75 Å². The molecule has 0 radical (unpaired) electrons. The molecule has 0 spiro atoms. The fraction of sp³-hybridized carbons (Fsp3) is 0.500. The normalized spacial score (nSPS) is 21.9. The Bertz CT molecular complexity index is 403. The van der Waals surface area contributed by atoms with Crippen molar-refractivity contribution in [1.29, 1.82) is 0 Å². The number of alkyl halides is 3. The first kappa shape index (κ1) is 13.5. The van der Waals surface area contributed by atoms with E-state index < -0.39 is 12.5 Å². The number of hydrogen-bond acceptors (Lipinski definition) is 3. The Morgan fingerprint density at radius 2 is 2.17 bits per heavy atom. The van der Waals surface area contributed by atoms with Crippen molar-refractivity contribution < 1.29 is 23.0 Å². The summed E-state index contributed by atoms with van der Waals surface area (Å²) >= 11 is 1.75. The molecule has 1 N–H and O–H groups in total. The number of aliphatic hydroxyl groups excluding tert-OH is 1. The molecule has 1 saturated heterocycles. The Labute approximate surface area is 107 Å². The minimum absolute atomic E-state index is 0.108. The van der Waals surface area contributed by atoms with Crippen LogP contribution in [0.25, 0.3) is 0 Å². The number of halogens is 3. The molecule has 0 amide bonds. The van der Waals surface area contributed by atoms with E-state index in [1.165, 1.54) is 18.2 Å². The van der Waals surface area contributed by atoms with Crippen LogP contribution in [0.2, 0.25) is 0 Å². The summed E-state index contributed by atoms with van der Waals surface area (Å²) in [4.78, 5) is 0. The van der Waals surface area contributed by atoms with Crippen molar-refractivity contribution in [2.45, 2.75) is 18.9 Å². The van der Waals surface area contributed by atoms with Crippen molar-refractivity contribution in [3.05, 3.63) is 29.8 Å². The van der Waals surface area contributed by atoms with Gasteiger partial charge in [-0.3, -0.25) is 0 Å². The summed E-state index contributed by atoms with van der Waals surface area (Å²) in [5, 5.41) is 10.1. The standard InChI is InChI=1S/C12H13F3O2S/c13-12(14,15)17-10-3-1-2-8(6-10)11(16)9-4-5-18-7-9/h1-3,6,9,11,16H,4-5,7H2. The van der Waals surface area contributed by atoms with Crippen LogP contribution >= 0.6 is 11.8 Å². The summed E-state index contributed by atoms with van der Waals surface area (Å²) in [6.07, 6.45) is -4.54. The van der Waals surface area contributed by atoms with Crippen LogP contribution in [-0.4, -0.2) is 23.0 Å². The minimum atomic E-state index is -4.70. The van der Waals surface area contributed by atoms with Gasteiger partial charge in [-0.2, -0.15) is 11.8 Å². The smallest absolute Gasteiger partial charge is 0.406 e. The molecule has 0 saturated carbocycles. The molecule has 2 unspecified atom stereocenters. The maximum atomic E-state index is 12.1. The van der Waals surface area contributed by atoms with Gasteiger partial charge in [0.25, 0.3) is 0 Å². The monoisotopic (exact) mass is 278 g/mol. The van der Waals surface area contributed by atoms with Gasteiger partial charge in [-0.15, -0.1) is 13.2 Å². The highest BCUT2D eigenvalue weighted by molar-refractivity contribution is 7.99. The molecule has 2 atom stereocenters. The summed E-state index contributed by atoms with van der Waals surface area (Å²) < 4.78 is 40.1. The summed E-state index contributed by atoms with van der Waals surface area (Å²) in [7, 11) is 0. The average Bonchev–Trinajstić information content (AvgIpc) is 2.79. The van der Waals surface area contributed by atoms with Crippen molar-refractivity contribution in [3.8, 4) is 5.75 Å². The van der Waals surface area contributed by atoms with Crippen LogP contribution < -0.4 is 4.74 Å². The summed E-state index contributed by atoms with van der Waals surface area (Å²) in [6.45, 7) is 0. The van der Waals surface area contributed by atoms with Gasteiger partial charge in [0, 0.05) is 0 Å². The topological polar surface area (TPSA) is 29.5 Å². The molecule has 6 heteroatoms. The van der Waals surface area contributed by atoms with E-state index in [1.807, 2.05) is 0 Å². The summed E-state index contributed by atoms with van der Waals surface area (Å²) in [6, 6.07) is 5.56. The van der Waals surface area contributed by atoms with Crippen molar-refractivity contribution >= 4 is 11.8 Å². The number of thioether (sulfide) groups is 1. The molecule has 2 rings (SSSR count).